The molecule has 0 heterocycles. The molecule has 19 heavy (non-hydrogen) atoms. The van der Waals surface area contributed by atoms with E-state index in [0.29, 0.717) is 17.6 Å². The van der Waals surface area contributed by atoms with E-state index in [2.05, 4.69) is 6.92 Å². The maximum absolute atomic E-state index is 12.3. The zero-order valence-electron chi connectivity index (χ0n) is 13.0. The molecule has 0 aromatic rings. The Morgan fingerprint density at radius 2 is 1.84 bits per heavy atom. The first-order chi connectivity index (χ1) is 9.29. The van der Waals surface area contributed by atoms with Crippen LogP contribution in [-0.2, 0) is 9.53 Å². The van der Waals surface area contributed by atoms with E-state index >= 15 is 0 Å². The smallest absolute Gasteiger partial charge is 0.136 e. The molecule has 0 aromatic carbocycles. The predicted molar refractivity (Wildman–Crippen MR) is 80.3 cm³/mol. The molecule has 0 spiro atoms. The van der Waals surface area contributed by atoms with Crippen LogP contribution < -0.4 is 0 Å². The summed E-state index contributed by atoms with van der Waals surface area (Å²) in [6.45, 7) is 3.05. The molecule has 1 saturated carbocycles. The Morgan fingerprint density at radius 3 is 2.58 bits per heavy atom. The predicted octanol–water partition coefficient (Wildman–Crippen LogP) is 4.76. The quantitative estimate of drug-likeness (QED) is 0.505. The van der Waals surface area contributed by atoms with Crippen molar-refractivity contribution in [1.82, 2.24) is 0 Å². The van der Waals surface area contributed by atoms with Crippen LogP contribution in [0.4, 0.5) is 0 Å². The second kappa shape index (κ2) is 10.4. The number of rotatable bonds is 11. The summed E-state index contributed by atoms with van der Waals surface area (Å²) in [5.74, 6) is 1.49. The van der Waals surface area contributed by atoms with Gasteiger partial charge in [0.05, 0.1) is 0 Å². The van der Waals surface area contributed by atoms with Crippen molar-refractivity contribution in [2.45, 2.75) is 77.6 Å². The Balaban J connectivity index is 2.13. The van der Waals surface area contributed by atoms with Gasteiger partial charge in [-0.2, -0.15) is 0 Å². The van der Waals surface area contributed by atoms with E-state index in [1.54, 1.807) is 7.11 Å². The first-order valence-electron chi connectivity index (χ1n) is 8.31. The highest BCUT2D eigenvalue weighted by Crippen LogP contribution is 2.35. The zero-order valence-corrected chi connectivity index (χ0v) is 13.0. The lowest BCUT2D eigenvalue weighted by Crippen LogP contribution is -2.20. The van der Waals surface area contributed by atoms with Crippen LogP contribution in [0, 0.1) is 11.8 Å². The largest absolute Gasteiger partial charge is 0.385 e. The van der Waals surface area contributed by atoms with Crippen LogP contribution in [0.5, 0.6) is 0 Å². The van der Waals surface area contributed by atoms with E-state index in [0.717, 1.165) is 32.3 Å². The normalized spacial score (nSPS) is 22.8. The van der Waals surface area contributed by atoms with Gasteiger partial charge in [-0.1, -0.05) is 45.4 Å². The van der Waals surface area contributed by atoms with Crippen LogP contribution in [0.2, 0.25) is 0 Å². The molecule has 0 aromatic heterocycles. The third kappa shape index (κ3) is 6.56. The van der Waals surface area contributed by atoms with Crippen molar-refractivity contribution in [2.75, 3.05) is 13.7 Å². The molecule has 2 unspecified atom stereocenters. The lowest BCUT2D eigenvalue weighted by molar-refractivity contribution is -0.124. The number of carbonyl (C=O) groups excluding carboxylic acids is 1. The van der Waals surface area contributed by atoms with Crippen molar-refractivity contribution in [2.24, 2.45) is 11.8 Å². The molecule has 1 fully saturated rings. The molecule has 1 aliphatic carbocycles. The molecular weight excluding hydrogens is 236 g/mol. The monoisotopic (exact) mass is 268 g/mol. The summed E-state index contributed by atoms with van der Waals surface area (Å²) in [4.78, 5) is 12.3. The summed E-state index contributed by atoms with van der Waals surface area (Å²) in [6.07, 6.45) is 13.1. The van der Waals surface area contributed by atoms with E-state index in [1.165, 1.54) is 44.9 Å². The van der Waals surface area contributed by atoms with Crippen molar-refractivity contribution in [3.63, 3.8) is 0 Å². The van der Waals surface area contributed by atoms with Crippen LogP contribution in [0.15, 0.2) is 0 Å². The number of ketones is 1. The summed E-state index contributed by atoms with van der Waals surface area (Å²) in [5, 5.41) is 0. The van der Waals surface area contributed by atoms with Gasteiger partial charge in [-0.3, -0.25) is 4.79 Å². The van der Waals surface area contributed by atoms with Gasteiger partial charge in [0.2, 0.25) is 0 Å². The fourth-order valence-electron chi connectivity index (χ4n) is 3.34. The Morgan fingerprint density at radius 1 is 1.11 bits per heavy atom. The van der Waals surface area contributed by atoms with Crippen molar-refractivity contribution >= 4 is 5.78 Å². The number of carbonyl (C=O) groups is 1. The molecule has 0 radical (unpaired) electrons. The molecule has 1 rings (SSSR count). The van der Waals surface area contributed by atoms with Crippen LogP contribution in [0.1, 0.15) is 77.6 Å². The second-order valence-corrected chi connectivity index (χ2v) is 6.06. The maximum Gasteiger partial charge on any atom is 0.136 e. The first kappa shape index (κ1) is 16.7. The van der Waals surface area contributed by atoms with Gasteiger partial charge in [0.15, 0.2) is 0 Å². The molecule has 2 heteroatoms. The Labute approximate surface area is 119 Å². The minimum absolute atomic E-state index is 0.353. The maximum atomic E-state index is 12.3. The SMILES string of the molecule is CCCCCCCCC(=O)C1CCCC1CCOC. The van der Waals surface area contributed by atoms with Crippen LogP contribution in [-0.4, -0.2) is 19.5 Å². The van der Waals surface area contributed by atoms with Crippen molar-refractivity contribution in [3.05, 3.63) is 0 Å². The number of ether oxygens (including phenoxy) is 1. The highest BCUT2D eigenvalue weighted by Gasteiger charge is 2.31. The third-order valence-electron chi connectivity index (χ3n) is 4.54. The van der Waals surface area contributed by atoms with Gasteiger partial charge in [0.1, 0.15) is 5.78 Å². The summed E-state index contributed by atoms with van der Waals surface area (Å²) in [5.41, 5.74) is 0. The van der Waals surface area contributed by atoms with Crippen molar-refractivity contribution < 1.29 is 9.53 Å². The third-order valence-corrected chi connectivity index (χ3v) is 4.54. The molecule has 0 amide bonds. The highest BCUT2D eigenvalue weighted by atomic mass is 16.5. The van der Waals surface area contributed by atoms with Crippen LogP contribution in [0.25, 0.3) is 0 Å². The van der Waals surface area contributed by atoms with Crippen LogP contribution >= 0.6 is 0 Å². The summed E-state index contributed by atoms with van der Waals surface area (Å²) >= 11 is 0. The number of Topliss-reactive ketones (excluding diaryl/α,β-unsaturated/α-hetero) is 1. The lowest BCUT2D eigenvalue weighted by Gasteiger charge is -2.18. The Kier molecular flexibility index (Phi) is 9.15. The Bertz CT molecular complexity index is 237. The van der Waals surface area contributed by atoms with Crippen LogP contribution in [0.3, 0.4) is 0 Å². The summed E-state index contributed by atoms with van der Waals surface area (Å²) in [6, 6.07) is 0. The van der Waals surface area contributed by atoms with Gasteiger partial charge in [-0.15, -0.1) is 0 Å². The molecule has 2 atom stereocenters. The molecular formula is C17H32O2. The number of unbranched alkanes of at least 4 members (excludes halogenated alkanes) is 5. The minimum Gasteiger partial charge on any atom is -0.385 e. The molecule has 1 aliphatic rings. The molecule has 112 valence electrons. The van der Waals surface area contributed by atoms with Gasteiger partial charge in [-0.05, 0) is 31.6 Å². The Hall–Kier alpha value is -0.370. The van der Waals surface area contributed by atoms with Gasteiger partial charge in [0, 0.05) is 26.1 Å². The fraction of sp³-hybridized carbons (Fsp3) is 0.941. The molecule has 0 aliphatic heterocycles. The van der Waals surface area contributed by atoms with Gasteiger partial charge in [0.25, 0.3) is 0 Å². The molecule has 0 N–H and O–H groups in total. The lowest BCUT2D eigenvalue weighted by atomic mass is 9.87. The number of hydrogen-bond donors (Lipinski definition) is 0. The van der Waals surface area contributed by atoms with E-state index in [1.807, 2.05) is 0 Å². The fourth-order valence-corrected chi connectivity index (χ4v) is 3.34. The number of methoxy groups -OCH3 is 1. The van der Waals surface area contributed by atoms with Crippen molar-refractivity contribution in [3.8, 4) is 0 Å². The van der Waals surface area contributed by atoms with Gasteiger partial charge < -0.3 is 4.74 Å². The molecule has 0 bridgehead atoms. The minimum atomic E-state index is 0.353. The first-order valence-corrected chi connectivity index (χ1v) is 8.31. The topological polar surface area (TPSA) is 26.3 Å². The molecule has 2 nitrogen and oxygen atoms in total. The average molecular weight is 268 g/mol. The van der Waals surface area contributed by atoms with Gasteiger partial charge in [-0.25, -0.2) is 0 Å². The van der Waals surface area contributed by atoms with E-state index in [4.69, 9.17) is 4.74 Å². The van der Waals surface area contributed by atoms with E-state index in [-0.39, 0.29) is 0 Å². The van der Waals surface area contributed by atoms with Crippen molar-refractivity contribution in [1.29, 1.82) is 0 Å². The second-order valence-electron chi connectivity index (χ2n) is 6.06. The van der Waals surface area contributed by atoms with Gasteiger partial charge >= 0.3 is 0 Å². The van der Waals surface area contributed by atoms with E-state index in [9.17, 15) is 4.79 Å². The highest BCUT2D eigenvalue weighted by molar-refractivity contribution is 5.81. The van der Waals surface area contributed by atoms with E-state index < -0.39 is 0 Å². The average Bonchev–Trinajstić information content (AvgIpc) is 2.88. The number of hydrogen-bond acceptors (Lipinski definition) is 2. The molecule has 0 saturated heterocycles. The zero-order chi connectivity index (χ0) is 13.9. The standard InChI is InChI=1S/C17H32O2/c1-3-4-5-6-7-8-12-17(18)16-11-9-10-15(16)13-14-19-2/h15-16H,3-14H2,1-2H3. The summed E-state index contributed by atoms with van der Waals surface area (Å²) < 4.78 is 5.16. The summed E-state index contributed by atoms with van der Waals surface area (Å²) in [7, 11) is 1.75.